The summed E-state index contributed by atoms with van der Waals surface area (Å²) in [6, 6.07) is 5.57. The van der Waals surface area contributed by atoms with Gasteiger partial charge in [-0.3, -0.25) is 4.90 Å². The van der Waals surface area contributed by atoms with E-state index in [0.29, 0.717) is 12.6 Å². The summed E-state index contributed by atoms with van der Waals surface area (Å²) < 4.78 is 13.3. The number of nitrogens with one attached hydrogen (secondary N) is 1. The summed E-state index contributed by atoms with van der Waals surface area (Å²) >= 11 is 5.92. The molecule has 0 aliphatic carbocycles. The summed E-state index contributed by atoms with van der Waals surface area (Å²) in [5.74, 6) is -0.341. The molecule has 2 nitrogen and oxygen atoms in total. The fourth-order valence-corrected chi connectivity index (χ4v) is 2.79. The maximum Gasteiger partial charge on any atom is 0.142 e. The number of rotatable bonds is 5. The van der Waals surface area contributed by atoms with Gasteiger partial charge in [0, 0.05) is 19.1 Å². The molecule has 2 rings (SSSR count). The molecule has 0 amide bonds. The topological polar surface area (TPSA) is 15.3 Å². The Morgan fingerprint density at radius 1 is 1.50 bits per heavy atom. The first kappa shape index (κ1) is 13.8. The van der Waals surface area contributed by atoms with E-state index >= 15 is 0 Å². The number of benzene rings is 1. The van der Waals surface area contributed by atoms with Gasteiger partial charge in [-0.15, -0.1) is 0 Å². The van der Waals surface area contributed by atoms with Crippen molar-refractivity contribution in [3.8, 4) is 0 Å². The van der Waals surface area contributed by atoms with Crippen molar-refractivity contribution in [2.45, 2.75) is 32.4 Å². The van der Waals surface area contributed by atoms with Crippen LogP contribution in [0.3, 0.4) is 0 Å². The Kier molecular flexibility index (Phi) is 4.98. The van der Waals surface area contributed by atoms with Gasteiger partial charge < -0.3 is 5.32 Å². The van der Waals surface area contributed by atoms with Crippen molar-refractivity contribution >= 4 is 11.6 Å². The standard InChI is InChI=1S/C14H20ClFN2/c1-2-18-8-4-6-12(18)10-17-9-11-5-3-7-13(16)14(11)15/h3,5,7,12,17H,2,4,6,8-10H2,1H3. The predicted molar refractivity (Wildman–Crippen MR) is 73.4 cm³/mol. The monoisotopic (exact) mass is 270 g/mol. The lowest BCUT2D eigenvalue weighted by molar-refractivity contribution is 0.260. The van der Waals surface area contributed by atoms with E-state index in [1.54, 1.807) is 6.07 Å². The van der Waals surface area contributed by atoms with Crippen LogP contribution in [-0.4, -0.2) is 30.6 Å². The van der Waals surface area contributed by atoms with Crippen LogP contribution in [0.2, 0.25) is 5.02 Å². The summed E-state index contributed by atoms with van der Waals surface area (Å²) in [5, 5.41) is 3.62. The number of hydrogen-bond acceptors (Lipinski definition) is 2. The number of nitrogens with zero attached hydrogens (tertiary/aromatic N) is 1. The highest BCUT2D eigenvalue weighted by atomic mass is 35.5. The first-order valence-electron chi connectivity index (χ1n) is 6.60. The van der Waals surface area contributed by atoms with Gasteiger partial charge >= 0.3 is 0 Å². The zero-order valence-corrected chi connectivity index (χ0v) is 11.5. The molecule has 1 aromatic carbocycles. The van der Waals surface area contributed by atoms with Gasteiger partial charge in [0.1, 0.15) is 5.82 Å². The quantitative estimate of drug-likeness (QED) is 0.885. The van der Waals surface area contributed by atoms with Crippen LogP contribution in [0.1, 0.15) is 25.3 Å². The molecule has 1 atom stereocenters. The maximum absolute atomic E-state index is 13.3. The lowest BCUT2D eigenvalue weighted by Crippen LogP contribution is -2.37. The molecule has 0 aromatic heterocycles. The predicted octanol–water partition coefficient (Wildman–Crippen LogP) is 3.05. The molecule has 4 heteroatoms. The van der Waals surface area contributed by atoms with Crippen LogP contribution in [0.4, 0.5) is 4.39 Å². The molecule has 1 aliphatic heterocycles. The third kappa shape index (κ3) is 3.22. The molecule has 1 unspecified atom stereocenters. The first-order valence-corrected chi connectivity index (χ1v) is 6.97. The highest BCUT2D eigenvalue weighted by molar-refractivity contribution is 6.31. The number of hydrogen-bond donors (Lipinski definition) is 1. The average Bonchev–Trinajstić information content (AvgIpc) is 2.82. The Bertz CT molecular complexity index is 397. The van der Waals surface area contributed by atoms with Gasteiger partial charge in [0.05, 0.1) is 5.02 Å². The van der Waals surface area contributed by atoms with Crippen LogP contribution in [0.15, 0.2) is 18.2 Å². The fraction of sp³-hybridized carbons (Fsp3) is 0.571. The van der Waals surface area contributed by atoms with Crippen molar-refractivity contribution in [3.05, 3.63) is 34.6 Å². The molecule has 1 fully saturated rings. The SMILES string of the molecule is CCN1CCCC1CNCc1cccc(F)c1Cl. The third-order valence-electron chi connectivity index (χ3n) is 3.63. The number of halogens is 2. The minimum absolute atomic E-state index is 0.240. The van der Waals surface area contributed by atoms with E-state index in [4.69, 9.17) is 11.6 Å². The second kappa shape index (κ2) is 6.50. The summed E-state index contributed by atoms with van der Waals surface area (Å²) in [6.07, 6.45) is 2.53. The number of likely N-dealkylation sites (tertiary alicyclic amines) is 1. The molecule has 1 aromatic rings. The smallest absolute Gasteiger partial charge is 0.142 e. The first-order chi connectivity index (χ1) is 8.72. The second-order valence-corrected chi connectivity index (χ2v) is 5.15. The molecule has 1 heterocycles. The van der Waals surface area contributed by atoms with Gasteiger partial charge in [-0.2, -0.15) is 0 Å². The summed E-state index contributed by atoms with van der Waals surface area (Å²) in [5.41, 5.74) is 0.831. The normalized spacial score (nSPS) is 20.5. The van der Waals surface area contributed by atoms with Crippen LogP contribution < -0.4 is 5.32 Å². The van der Waals surface area contributed by atoms with Crippen molar-refractivity contribution in [1.29, 1.82) is 0 Å². The van der Waals surface area contributed by atoms with Gasteiger partial charge in [-0.1, -0.05) is 30.7 Å². The van der Waals surface area contributed by atoms with Crippen molar-refractivity contribution < 1.29 is 4.39 Å². The van der Waals surface area contributed by atoms with E-state index in [9.17, 15) is 4.39 Å². The van der Waals surface area contributed by atoms with Crippen molar-refractivity contribution in [1.82, 2.24) is 10.2 Å². The van der Waals surface area contributed by atoms with Gasteiger partial charge in [0.2, 0.25) is 0 Å². The van der Waals surface area contributed by atoms with Gasteiger partial charge in [0.25, 0.3) is 0 Å². The summed E-state index contributed by atoms with van der Waals surface area (Å²) in [6.45, 7) is 6.07. The Hall–Kier alpha value is -0.640. The number of likely N-dealkylation sites (N-methyl/N-ethyl adjacent to an activating group) is 1. The third-order valence-corrected chi connectivity index (χ3v) is 4.06. The minimum atomic E-state index is -0.341. The van der Waals surface area contributed by atoms with E-state index in [0.717, 1.165) is 18.7 Å². The minimum Gasteiger partial charge on any atom is -0.311 e. The second-order valence-electron chi connectivity index (χ2n) is 4.77. The van der Waals surface area contributed by atoms with E-state index in [1.165, 1.54) is 25.5 Å². The molecule has 0 saturated carbocycles. The molecular weight excluding hydrogens is 251 g/mol. The molecule has 18 heavy (non-hydrogen) atoms. The van der Waals surface area contributed by atoms with E-state index < -0.39 is 0 Å². The van der Waals surface area contributed by atoms with Crippen LogP contribution in [0.5, 0.6) is 0 Å². The molecule has 1 aliphatic rings. The highest BCUT2D eigenvalue weighted by Gasteiger charge is 2.22. The Labute approximate surface area is 113 Å². The average molecular weight is 271 g/mol. The van der Waals surface area contributed by atoms with Crippen LogP contribution >= 0.6 is 11.6 Å². The van der Waals surface area contributed by atoms with Crippen molar-refractivity contribution in [2.24, 2.45) is 0 Å². The van der Waals surface area contributed by atoms with Gasteiger partial charge in [-0.05, 0) is 37.6 Å². The van der Waals surface area contributed by atoms with Crippen molar-refractivity contribution in [3.63, 3.8) is 0 Å². The van der Waals surface area contributed by atoms with E-state index in [-0.39, 0.29) is 10.8 Å². The largest absolute Gasteiger partial charge is 0.311 e. The molecule has 100 valence electrons. The zero-order chi connectivity index (χ0) is 13.0. The lowest BCUT2D eigenvalue weighted by atomic mass is 10.2. The fourth-order valence-electron chi connectivity index (χ4n) is 2.60. The Morgan fingerprint density at radius 3 is 3.11 bits per heavy atom. The molecule has 0 bridgehead atoms. The maximum atomic E-state index is 13.3. The van der Waals surface area contributed by atoms with Crippen LogP contribution in [0.25, 0.3) is 0 Å². The summed E-state index contributed by atoms with van der Waals surface area (Å²) in [7, 11) is 0. The zero-order valence-electron chi connectivity index (χ0n) is 10.8. The van der Waals surface area contributed by atoms with Crippen molar-refractivity contribution in [2.75, 3.05) is 19.6 Å². The molecular formula is C14H20ClFN2. The van der Waals surface area contributed by atoms with E-state index in [1.807, 2.05) is 6.07 Å². The van der Waals surface area contributed by atoms with Crippen LogP contribution in [-0.2, 0) is 6.54 Å². The Morgan fingerprint density at radius 2 is 2.33 bits per heavy atom. The van der Waals surface area contributed by atoms with E-state index in [2.05, 4.69) is 17.1 Å². The lowest BCUT2D eigenvalue weighted by Gasteiger charge is -2.23. The van der Waals surface area contributed by atoms with Gasteiger partial charge in [-0.25, -0.2) is 4.39 Å². The highest BCUT2D eigenvalue weighted by Crippen LogP contribution is 2.20. The molecule has 1 saturated heterocycles. The molecule has 0 spiro atoms. The van der Waals surface area contributed by atoms with Gasteiger partial charge in [0.15, 0.2) is 0 Å². The Balaban J connectivity index is 1.83. The molecule has 1 N–H and O–H groups in total. The summed E-state index contributed by atoms with van der Waals surface area (Å²) in [4.78, 5) is 2.49. The van der Waals surface area contributed by atoms with Crippen LogP contribution in [0, 0.1) is 5.82 Å². The molecule has 0 radical (unpaired) electrons.